The lowest BCUT2D eigenvalue weighted by Crippen LogP contribution is -2.32. The largest absolute Gasteiger partial charge is 0.497 e. The van der Waals surface area contributed by atoms with Crippen molar-refractivity contribution in [2.45, 2.75) is 25.7 Å². The number of rotatable bonds is 4. The van der Waals surface area contributed by atoms with E-state index in [1.807, 2.05) is 53.4 Å². The number of carbonyl (C=O) groups excluding carboxylic acids is 1. The fraction of sp³-hybridized carbons (Fsp3) is 0.350. The number of ether oxygens (including phenoxy) is 1. The second kappa shape index (κ2) is 7.86. The zero-order valence-electron chi connectivity index (χ0n) is 14.1. The third kappa shape index (κ3) is 3.88. The van der Waals surface area contributed by atoms with Crippen molar-refractivity contribution < 1.29 is 9.53 Å². The van der Waals surface area contributed by atoms with Crippen LogP contribution in [0.2, 0.25) is 0 Å². The number of likely N-dealkylation sites (tertiary alicyclic amines) is 1. The smallest absolute Gasteiger partial charge is 0.255 e. The van der Waals surface area contributed by atoms with Gasteiger partial charge in [0.25, 0.3) is 5.91 Å². The number of nitrogens with one attached hydrogen (secondary N) is 1. The van der Waals surface area contributed by atoms with E-state index in [1.54, 1.807) is 7.11 Å². The molecule has 1 aliphatic rings. The van der Waals surface area contributed by atoms with Crippen molar-refractivity contribution in [3.8, 4) is 5.75 Å². The molecule has 3 rings (SSSR count). The molecule has 0 unspecified atom stereocenters. The molecule has 4 heteroatoms. The van der Waals surface area contributed by atoms with Crippen LogP contribution < -0.4 is 10.1 Å². The van der Waals surface area contributed by atoms with E-state index in [0.717, 1.165) is 48.6 Å². The summed E-state index contributed by atoms with van der Waals surface area (Å²) in [5.74, 6) is 0.933. The van der Waals surface area contributed by atoms with E-state index in [1.165, 1.54) is 12.8 Å². The average Bonchev–Trinajstić information content (AvgIpc) is 2.92. The van der Waals surface area contributed by atoms with Gasteiger partial charge in [-0.1, -0.05) is 25.0 Å². The van der Waals surface area contributed by atoms with Crippen molar-refractivity contribution in [1.82, 2.24) is 4.90 Å². The molecule has 1 amide bonds. The molecule has 1 fully saturated rings. The zero-order chi connectivity index (χ0) is 16.8. The standard InChI is InChI=1S/C20H24N2O2/c1-24-17-12-10-16(11-13-17)21-19-9-5-4-8-18(19)20(23)22-14-6-2-3-7-15-22/h4-5,8-13,21H,2-3,6-7,14-15H2,1H3. The summed E-state index contributed by atoms with van der Waals surface area (Å²) >= 11 is 0. The number of hydrogen-bond donors (Lipinski definition) is 1. The lowest BCUT2D eigenvalue weighted by atomic mass is 10.1. The van der Waals surface area contributed by atoms with Gasteiger partial charge in [0, 0.05) is 18.8 Å². The molecule has 1 saturated heterocycles. The van der Waals surface area contributed by atoms with E-state index in [0.29, 0.717) is 0 Å². The Labute approximate surface area is 143 Å². The van der Waals surface area contributed by atoms with Gasteiger partial charge in [-0.05, 0) is 49.2 Å². The molecular weight excluding hydrogens is 300 g/mol. The van der Waals surface area contributed by atoms with Crippen LogP contribution in [0.15, 0.2) is 48.5 Å². The highest BCUT2D eigenvalue weighted by Crippen LogP contribution is 2.24. The SMILES string of the molecule is COc1ccc(Nc2ccccc2C(=O)N2CCCCCC2)cc1. The van der Waals surface area contributed by atoms with Crippen molar-refractivity contribution in [2.24, 2.45) is 0 Å². The molecule has 2 aromatic rings. The van der Waals surface area contributed by atoms with E-state index in [9.17, 15) is 4.79 Å². The Balaban J connectivity index is 1.80. The fourth-order valence-corrected chi connectivity index (χ4v) is 3.05. The third-order valence-corrected chi connectivity index (χ3v) is 4.42. The summed E-state index contributed by atoms with van der Waals surface area (Å²) in [7, 11) is 1.65. The van der Waals surface area contributed by atoms with Gasteiger partial charge >= 0.3 is 0 Å². The summed E-state index contributed by atoms with van der Waals surface area (Å²) in [5.41, 5.74) is 2.51. The van der Waals surface area contributed by atoms with E-state index < -0.39 is 0 Å². The molecule has 0 bridgehead atoms. The van der Waals surface area contributed by atoms with E-state index in [-0.39, 0.29) is 5.91 Å². The second-order valence-electron chi connectivity index (χ2n) is 6.11. The van der Waals surface area contributed by atoms with Crippen LogP contribution in [0.5, 0.6) is 5.75 Å². The molecule has 4 nitrogen and oxygen atoms in total. The monoisotopic (exact) mass is 324 g/mol. The van der Waals surface area contributed by atoms with Crippen LogP contribution in [0.4, 0.5) is 11.4 Å². The maximum absolute atomic E-state index is 12.9. The number of anilines is 2. The molecule has 0 aromatic heterocycles. The third-order valence-electron chi connectivity index (χ3n) is 4.42. The zero-order valence-corrected chi connectivity index (χ0v) is 14.1. The molecule has 2 aromatic carbocycles. The number of carbonyl (C=O) groups is 1. The Kier molecular flexibility index (Phi) is 5.36. The molecule has 0 atom stereocenters. The molecule has 1 N–H and O–H groups in total. The molecular formula is C20H24N2O2. The number of nitrogens with zero attached hydrogens (tertiary/aromatic N) is 1. The van der Waals surface area contributed by atoms with Gasteiger partial charge in [0.2, 0.25) is 0 Å². The highest BCUT2D eigenvalue weighted by atomic mass is 16.5. The summed E-state index contributed by atoms with van der Waals surface area (Å²) in [5, 5.41) is 3.36. The Hall–Kier alpha value is -2.49. The minimum atomic E-state index is 0.119. The Bertz CT molecular complexity index is 674. The van der Waals surface area contributed by atoms with E-state index >= 15 is 0 Å². The Morgan fingerprint density at radius 2 is 1.62 bits per heavy atom. The van der Waals surface area contributed by atoms with Gasteiger partial charge in [-0.25, -0.2) is 0 Å². The predicted molar refractivity (Wildman–Crippen MR) is 97.1 cm³/mol. The second-order valence-corrected chi connectivity index (χ2v) is 6.11. The molecule has 0 saturated carbocycles. The van der Waals surface area contributed by atoms with Crippen molar-refractivity contribution in [2.75, 3.05) is 25.5 Å². The highest BCUT2D eigenvalue weighted by molar-refractivity contribution is 6.00. The van der Waals surface area contributed by atoms with Crippen LogP contribution in [0.25, 0.3) is 0 Å². The Morgan fingerprint density at radius 3 is 2.29 bits per heavy atom. The van der Waals surface area contributed by atoms with Crippen molar-refractivity contribution in [1.29, 1.82) is 0 Å². The van der Waals surface area contributed by atoms with Crippen LogP contribution in [0.3, 0.4) is 0 Å². The topological polar surface area (TPSA) is 41.6 Å². The van der Waals surface area contributed by atoms with Gasteiger partial charge in [0.05, 0.1) is 18.4 Å². The van der Waals surface area contributed by atoms with Gasteiger partial charge in [-0.2, -0.15) is 0 Å². The molecule has 0 spiro atoms. The maximum atomic E-state index is 12.9. The first-order chi connectivity index (χ1) is 11.8. The molecule has 1 heterocycles. The summed E-state index contributed by atoms with van der Waals surface area (Å²) in [6, 6.07) is 15.4. The predicted octanol–water partition coefficient (Wildman–Crippen LogP) is 4.46. The van der Waals surface area contributed by atoms with Gasteiger partial charge < -0.3 is 15.0 Å². The van der Waals surface area contributed by atoms with Gasteiger partial charge in [-0.3, -0.25) is 4.79 Å². The van der Waals surface area contributed by atoms with Gasteiger partial charge in [0.1, 0.15) is 5.75 Å². The van der Waals surface area contributed by atoms with E-state index in [4.69, 9.17) is 4.74 Å². The van der Waals surface area contributed by atoms with Gasteiger partial charge in [-0.15, -0.1) is 0 Å². The average molecular weight is 324 g/mol. The first-order valence-electron chi connectivity index (χ1n) is 8.57. The molecule has 24 heavy (non-hydrogen) atoms. The molecule has 1 aliphatic heterocycles. The van der Waals surface area contributed by atoms with Crippen molar-refractivity contribution in [3.05, 3.63) is 54.1 Å². The number of benzene rings is 2. The molecule has 126 valence electrons. The number of hydrogen-bond acceptors (Lipinski definition) is 3. The number of methoxy groups -OCH3 is 1. The molecule has 0 aliphatic carbocycles. The lowest BCUT2D eigenvalue weighted by molar-refractivity contribution is 0.0762. The number of para-hydroxylation sites is 1. The van der Waals surface area contributed by atoms with Crippen molar-refractivity contribution in [3.63, 3.8) is 0 Å². The van der Waals surface area contributed by atoms with Crippen LogP contribution in [0.1, 0.15) is 36.0 Å². The van der Waals surface area contributed by atoms with Gasteiger partial charge in [0.15, 0.2) is 0 Å². The fourth-order valence-electron chi connectivity index (χ4n) is 3.05. The normalized spacial score (nSPS) is 14.8. The summed E-state index contributed by atoms with van der Waals surface area (Å²) in [4.78, 5) is 14.9. The summed E-state index contributed by atoms with van der Waals surface area (Å²) < 4.78 is 5.18. The number of amides is 1. The minimum Gasteiger partial charge on any atom is -0.497 e. The maximum Gasteiger partial charge on any atom is 0.255 e. The highest BCUT2D eigenvalue weighted by Gasteiger charge is 2.19. The van der Waals surface area contributed by atoms with Crippen molar-refractivity contribution >= 4 is 17.3 Å². The van der Waals surface area contributed by atoms with Crippen LogP contribution >= 0.6 is 0 Å². The summed E-state index contributed by atoms with van der Waals surface area (Å²) in [6.45, 7) is 1.71. The quantitative estimate of drug-likeness (QED) is 0.903. The first kappa shape index (κ1) is 16.4. The minimum absolute atomic E-state index is 0.119. The summed E-state index contributed by atoms with van der Waals surface area (Å²) in [6.07, 6.45) is 4.63. The first-order valence-corrected chi connectivity index (χ1v) is 8.57. The lowest BCUT2D eigenvalue weighted by Gasteiger charge is -2.22. The van der Waals surface area contributed by atoms with Crippen LogP contribution in [-0.4, -0.2) is 31.0 Å². The Morgan fingerprint density at radius 1 is 0.958 bits per heavy atom. The van der Waals surface area contributed by atoms with Crippen LogP contribution in [-0.2, 0) is 0 Å². The van der Waals surface area contributed by atoms with Crippen LogP contribution in [0, 0.1) is 0 Å². The molecule has 0 radical (unpaired) electrons. The van der Waals surface area contributed by atoms with E-state index in [2.05, 4.69) is 5.32 Å².